The van der Waals surface area contributed by atoms with E-state index < -0.39 is 12.5 Å². The number of nitrogens with zero attached hydrogens (tertiary/aromatic N) is 1. The maximum atomic E-state index is 12.2. The van der Waals surface area contributed by atoms with Crippen molar-refractivity contribution in [2.24, 2.45) is 0 Å². The van der Waals surface area contributed by atoms with Gasteiger partial charge in [-0.3, -0.25) is 0 Å². The maximum absolute atomic E-state index is 12.2. The molecule has 5 heteroatoms. The number of rotatable bonds is 4. The third kappa shape index (κ3) is 3.08. The van der Waals surface area contributed by atoms with Gasteiger partial charge in [-0.1, -0.05) is 30.3 Å². The Kier molecular flexibility index (Phi) is 3.81. The highest BCUT2D eigenvalue weighted by atomic mass is 32.1. The topological polar surface area (TPSA) is 33.1 Å². The van der Waals surface area contributed by atoms with Crippen molar-refractivity contribution in [1.82, 2.24) is 4.98 Å². The first-order valence-corrected chi connectivity index (χ1v) is 6.01. The standard InChI is InChI=1S/C12H11F2NOS/c13-12(14)10(16)6-11-15-9(7-17-11)8-4-2-1-3-5-8/h1-5,7,10,12,16H,6H2. The third-order valence-electron chi connectivity index (χ3n) is 2.30. The number of aliphatic hydroxyl groups excluding tert-OH is 1. The van der Waals surface area contributed by atoms with Crippen LogP contribution >= 0.6 is 11.3 Å². The molecule has 1 unspecified atom stereocenters. The highest BCUT2D eigenvalue weighted by molar-refractivity contribution is 7.09. The van der Waals surface area contributed by atoms with Crippen LogP contribution in [-0.2, 0) is 6.42 Å². The first-order chi connectivity index (χ1) is 8.16. The summed E-state index contributed by atoms with van der Waals surface area (Å²) >= 11 is 1.29. The zero-order valence-electron chi connectivity index (χ0n) is 8.88. The van der Waals surface area contributed by atoms with E-state index in [1.54, 1.807) is 0 Å². The lowest BCUT2D eigenvalue weighted by atomic mass is 10.2. The second-order valence-corrected chi connectivity index (χ2v) is 4.54. The van der Waals surface area contributed by atoms with E-state index in [1.807, 2.05) is 35.7 Å². The molecule has 1 aromatic carbocycles. The molecule has 0 bridgehead atoms. The molecule has 90 valence electrons. The quantitative estimate of drug-likeness (QED) is 0.911. The van der Waals surface area contributed by atoms with Gasteiger partial charge in [-0.15, -0.1) is 11.3 Å². The van der Waals surface area contributed by atoms with E-state index in [4.69, 9.17) is 5.11 Å². The second kappa shape index (κ2) is 5.33. The van der Waals surface area contributed by atoms with Crippen molar-refractivity contribution >= 4 is 11.3 Å². The van der Waals surface area contributed by atoms with Crippen LogP contribution in [0.5, 0.6) is 0 Å². The average molecular weight is 255 g/mol. The summed E-state index contributed by atoms with van der Waals surface area (Å²) in [5, 5.41) is 11.4. The minimum absolute atomic E-state index is 0.102. The number of thiazole rings is 1. The molecule has 2 aromatic rings. The Hall–Kier alpha value is -1.33. The van der Waals surface area contributed by atoms with Gasteiger partial charge < -0.3 is 5.11 Å². The number of benzene rings is 1. The van der Waals surface area contributed by atoms with Crippen LogP contribution < -0.4 is 0 Å². The van der Waals surface area contributed by atoms with Gasteiger partial charge in [-0.2, -0.15) is 0 Å². The lowest BCUT2D eigenvalue weighted by Crippen LogP contribution is -2.19. The van der Waals surface area contributed by atoms with E-state index in [1.165, 1.54) is 11.3 Å². The summed E-state index contributed by atoms with van der Waals surface area (Å²) in [7, 11) is 0. The summed E-state index contributed by atoms with van der Waals surface area (Å²) in [4.78, 5) is 4.23. The predicted octanol–water partition coefficient (Wildman–Crippen LogP) is 2.98. The van der Waals surface area contributed by atoms with Crippen molar-refractivity contribution in [3.8, 4) is 11.3 Å². The van der Waals surface area contributed by atoms with E-state index >= 15 is 0 Å². The number of aromatic nitrogens is 1. The van der Waals surface area contributed by atoms with Gasteiger partial charge in [0, 0.05) is 17.4 Å². The van der Waals surface area contributed by atoms with Crippen molar-refractivity contribution in [3.05, 3.63) is 40.7 Å². The monoisotopic (exact) mass is 255 g/mol. The molecule has 2 nitrogen and oxygen atoms in total. The number of aliphatic hydroxyl groups is 1. The average Bonchev–Trinajstić information content (AvgIpc) is 2.78. The zero-order valence-corrected chi connectivity index (χ0v) is 9.70. The van der Waals surface area contributed by atoms with Crippen molar-refractivity contribution < 1.29 is 13.9 Å². The van der Waals surface area contributed by atoms with Crippen LogP contribution in [-0.4, -0.2) is 22.6 Å². The van der Waals surface area contributed by atoms with Gasteiger partial charge in [0.15, 0.2) is 0 Å². The molecule has 0 aliphatic carbocycles. The molecule has 1 N–H and O–H groups in total. The van der Waals surface area contributed by atoms with Crippen LogP contribution in [0.2, 0.25) is 0 Å². The van der Waals surface area contributed by atoms with Gasteiger partial charge in [0.25, 0.3) is 6.43 Å². The molecule has 17 heavy (non-hydrogen) atoms. The van der Waals surface area contributed by atoms with E-state index in [2.05, 4.69) is 4.98 Å². The lowest BCUT2D eigenvalue weighted by molar-refractivity contribution is -0.00366. The Labute approximate surface area is 102 Å². The molecule has 0 aliphatic heterocycles. The summed E-state index contributed by atoms with van der Waals surface area (Å²) in [6, 6.07) is 9.49. The summed E-state index contributed by atoms with van der Waals surface area (Å²) in [6.07, 6.45) is -4.46. The molecule has 1 aromatic heterocycles. The summed E-state index contributed by atoms with van der Waals surface area (Å²) in [5.74, 6) is 0. The van der Waals surface area contributed by atoms with Gasteiger partial charge in [0.1, 0.15) is 6.10 Å². The normalized spacial score (nSPS) is 12.9. The summed E-state index contributed by atoms with van der Waals surface area (Å²) in [5.41, 5.74) is 1.70. The molecule has 2 rings (SSSR count). The van der Waals surface area contributed by atoms with Gasteiger partial charge in [-0.05, 0) is 0 Å². The van der Waals surface area contributed by atoms with Gasteiger partial charge >= 0.3 is 0 Å². The Morgan fingerprint density at radius 3 is 2.59 bits per heavy atom. The highest BCUT2D eigenvalue weighted by Crippen LogP contribution is 2.22. The molecule has 0 saturated carbocycles. The molecule has 0 aliphatic rings. The van der Waals surface area contributed by atoms with Crippen LogP contribution in [0.1, 0.15) is 5.01 Å². The van der Waals surface area contributed by atoms with E-state index in [9.17, 15) is 8.78 Å². The smallest absolute Gasteiger partial charge is 0.264 e. The van der Waals surface area contributed by atoms with Crippen LogP contribution in [0.15, 0.2) is 35.7 Å². The fourth-order valence-corrected chi connectivity index (χ4v) is 2.27. The van der Waals surface area contributed by atoms with Gasteiger partial charge in [0.2, 0.25) is 0 Å². The van der Waals surface area contributed by atoms with Crippen molar-refractivity contribution in [2.75, 3.05) is 0 Å². The van der Waals surface area contributed by atoms with Gasteiger partial charge in [0.05, 0.1) is 10.7 Å². The number of hydrogen-bond donors (Lipinski definition) is 1. The minimum atomic E-state index is -2.72. The highest BCUT2D eigenvalue weighted by Gasteiger charge is 2.19. The molecular formula is C12H11F2NOS. The van der Waals surface area contributed by atoms with Crippen LogP contribution in [0.4, 0.5) is 8.78 Å². The molecule has 1 heterocycles. The third-order valence-corrected chi connectivity index (χ3v) is 3.17. The first-order valence-electron chi connectivity index (χ1n) is 5.13. The largest absolute Gasteiger partial charge is 0.387 e. The molecule has 0 fully saturated rings. The summed E-state index contributed by atoms with van der Waals surface area (Å²) < 4.78 is 24.3. The number of halogens is 2. The van der Waals surface area contributed by atoms with E-state index in [-0.39, 0.29) is 6.42 Å². The Morgan fingerprint density at radius 2 is 1.94 bits per heavy atom. The Morgan fingerprint density at radius 1 is 1.24 bits per heavy atom. The van der Waals surface area contributed by atoms with Crippen molar-refractivity contribution in [1.29, 1.82) is 0 Å². The minimum Gasteiger partial charge on any atom is -0.387 e. The molecule has 0 spiro atoms. The second-order valence-electron chi connectivity index (χ2n) is 3.60. The van der Waals surface area contributed by atoms with E-state index in [0.29, 0.717) is 5.01 Å². The van der Waals surface area contributed by atoms with Crippen molar-refractivity contribution in [3.63, 3.8) is 0 Å². The maximum Gasteiger partial charge on any atom is 0.264 e. The molecule has 0 saturated heterocycles. The zero-order chi connectivity index (χ0) is 12.3. The molecule has 1 atom stereocenters. The van der Waals surface area contributed by atoms with Gasteiger partial charge in [-0.25, -0.2) is 13.8 Å². The predicted molar refractivity (Wildman–Crippen MR) is 63.3 cm³/mol. The van der Waals surface area contributed by atoms with Crippen LogP contribution in [0, 0.1) is 0 Å². The Balaban J connectivity index is 2.12. The fourth-order valence-electron chi connectivity index (χ4n) is 1.41. The lowest BCUT2D eigenvalue weighted by Gasteiger charge is -2.05. The molecule has 0 amide bonds. The van der Waals surface area contributed by atoms with Crippen molar-refractivity contribution in [2.45, 2.75) is 19.0 Å². The van der Waals surface area contributed by atoms with Crippen LogP contribution in [0.3, 0.4) is 0 Å². The number of hydrogen-bond acceptors (Lipinski definition) is 3. The first kappa shape index (κ1) is 12.1. The van der Waals surface area contributed by atoms with Crippen LogP contribution in [0.25, 0.3) is 11.3 Å². The fraction of sp³-hybridized carbons (Fsp3) is 0.250. The Bertz CT molecular complexity index is 472. The summed E-state index contributed by atoms with van der Waals surface area (Å²) in [6.45, 7) is 0. The SMILES string of the molecule is OC(Cc1nc(-c2ccccc2)cs1)C(F)F. The number of alkyl halides is 2. The molecular weight excluding hydrogens is 244 g/mol. The van der Waals surface area contributed by atoms with E-state index in [0.717, 1.165) is 11.3 Å². The molecule has 0 radical (unpaired) electrons.